The molecule has 3 N–H and O–H groups in total. The summed E-state index contributed by atoms with van der Waals surface area (Å²) in [6, 6.07) is 21.8. The van der Waals surface area contributed by atoms with Crippen LogP contribution in [0, 0.1) is 0 Å². The average Bonchev–Trinajstić information content (AvgIpc) is 2.57. The summed E-state index contributed by atoms with van der Waals surface area (Å²) in [6.07, 6.45) is 0.658. The molecule has 0 aliphatic rings. The van der Waals surface area contributed by atoms with Crippen molar-refractivity contribution in [3.63, 3.8) is 0 Å². The number of ether oxygens (including phenoxy) is 1. The Labute approximate surface area is 130 Å². The maximum Gasteiger partial charge on any atom is 0.135 e. The van der Waals surface area contributed by atoms with Crippen LogP contribution in [-0.4, -0.2) is 17.8 Å². The number of aliphatic hydroxyl groups is 1. The largest absolute Gasteiger partial charge is 0.457 e. The highest BCUT2D eigenvalue weighted by Crippen LogP contribution is 2.29. The molecule has 3 rings (SSSR count). The topological polar surface area (TPSA) is 55.5 Å². The van der Waals surface area contributed by atoms with Crippen molar-refractivity contribution in [3.8, 4) is 11.5 Å². The summed E-state index contributed by atoms with van der Waals surface area (Å²) in [4.78, 5) is 0. The molecule has 0 amide bonds. The van der Waals surface area contributed by atoms with Crippen LogP contribution in [0.25, 0.3) is 10.8 Å². The molecule has 0 aliphatic carbocycles. The van der Waals surface area contributed by atoms with Crippen LogP contribution in [0.3, 0.4) is 0 Å². The number of aliphatic hydroxyl groups excluding tert-OH is 1. The highest BCUT2D eigenvalue weighted by Gasteiger charge is 2.05. The maximum atomic E-state index is 9.00. The predicted molar refractivity (Wildman–Crippen MR) is 89.2 cm³/mol. The van der Waals surface area contributed by atoms with E-state index in [1.165, 1.54) is 0 Å². The van der Waals surface area contributed by atoms with Crippen LogP contribution < -0.4 is 10.5 Å². The summed E-state index contributed by atoms with van der Waals surface area (Å²) in [5.41, 5.74) is 6.84. The summed E-state index contributed by atoms with van der Waals surface area (Å²) >= 11 is 0. The molecule has 3 aromatic carbocycles. The second-order valence-corrected chi connectivity index (χ2v) is 5.37. The molecule has 3 aromatic rings. The number of rotatable bonds is 5. The molecule has 0 fully saturated rings. The number of hydrogen-bond donors (Lipinski definition) is 2. The Morgan fingerprint density at radius 1 is 0.909 bits per heavy atom. The fourth-order valence-corrected chi connectivity index (χ4v) is 2.47. The Morgan fingerprint density at radius 3 is 2.41 bits per heavy atom. The minimum Gasteiger partial charge on any atom is -0.457 e. The van der Waals surface area contributed by atoms with E-state index < -0.39 is 0 Å². The normalized spacial score (nSPS) is 12.3. The zero-order valence-electron chi connectivity index (χ0n) is 12.3. The molecule has 112 valence electrons. The molecule has 22 heavy (non-hydrogen) atoms. The number of fused-ring (bicyclic) bond motifs is 1. The molecule has 1 unspecified atom stereocenters. The molecule has 0 radical (unpaired) electrons. The summed E-state index contributed by atoms with van der Waals surface area (Å²) in [5, 5.41) is 11.2. The molecule has 0 aromatic heterocycles. The van der Waals surface area contributed by atoms with Crippen molar-refractivity contribution in [1.29, 1.82) is 0 Å². The molecule has 3 heteroatoms. The van der Waals surface area contributed by atoms with Crippen molar-refractivity contribution in [1.82, 2.24) is 0 Å². The van der Waals surface area contributed by atoms with Crippen LogP contribution in [0.4, 0.5) is 0 Å². The lowest BCUT2D eigenvalue weighted by Gasteiger charge is -2.11. The number of benzene rings is 3. The second kappa shape index (κ2) is 6.60. The monoisotopic (exact) mass is 293 g/mol. The summed E-state index contributed by atoms with van der Waals surface area (Å²) in [7, 11) is 0. The van der Waals surface area contributed by atoms with Crippen LogP contribution in [0.5, 0.6) is 11.5 Å². The van der Waals surface area contributed by atoms with Crippen molar-refractivity contribution < 1.29 is 9.84 Å². The summed E-state index contributed by atoms with van der Waals surface area (Å²) in [5.74, 6) is 1.63. The van der Waals surface area contributed by atoms with Crippen molar-refractivity contribution in [2.24, 2.45) is 5.73 Å². The van der Waals surface area contributed by atoms with Crippen LogP contribution in [-0.2, 0) is 6.42 Å². The van der Waals surface area contributed by atoms with Gasteiger partial charge in [0.2, 0.25) is 0 Å². The minimum atomic E-state index is -0.218. The maximum absolute atomic E-state index is 9.00. The van der Waals surface area contributed by atoms with E-state index in [2.05, 4.69) is 18.2 Å². The highest BCUT2D eigenvalue weighted by atomic mass is 16.5. The van der Waals surface area contributed by atoms with Gasteiger partial charge < -0.3 is 15.6 Å². The van der Waals surface area contributed by atoms with E-state index in [0.29, 0.717) is 6.42 Å². The van der Waals surface area contributed by atoms with E-state index in [9.17, 15) is 0 Å². The van der Waals surface area contributed by atoms with E-state index in [1.54, 1.807) is 0 Å². The van der Waals surface area contributed by atoms with Gasteiger partial charge in [-0.15, -0.1) is 0 Å². The molecule has 0 heterocycles. The molecule has 0 spiro atoms. The van der Waals surface area contributed by atoms with Crippen LogP contribution in [0.15, 0.2) is 66.7 Å². The van der Waals surface area contributed by atoms with Gasteiger partial charge in [0, 0.05) is 11.4 Å². The van der Waals surface area contributed by atoms with Crippen molar-refractivity contribution in [2.75, 3.05) is 6.61 Å². The molecule has 0 aliphatic heterocycles. The lowest BCUT2D eigenvalue weighted by atomic mass is 10.1. The van der Waals surface area contributed by atoms with Crippen molar-refractivity contribution in [2.45, 2.75) is 12.5 Å². The van der Waals surface area contributed by atoms with Gasteiger partial charge in [0.05, 0.1) is 6.61 Å². The first-order valence-corrected chi connectivity index (χ1v) is 7.37. The third kappa shape index (κ3) is 3.27. The zero-order valence-corrected chi connectivity index (χ0v) is 12.3. The predicted octanol–water partition coefficient (Wildman–Crippen LogP) is 3.49. The third-order valence-electron chi connectivity index (χ3n) is 3.63. The Balaban J connectivity index is 1.80. The minimum absolute atomic E-state index is 0.00570. The fraction of sp³-hybridized carbons (Fsp3) is 0.158. The van der Waals surface area contributed by atoms with Gasteiger partial charge in [-0.25, -0.2) is 0 Å². The van der Waals surface area contributed by atoms with Gasteiger partial charge in [-0.05, 0) is 35.6 Å². The first-order chi connectivity index (χ1) is 10.8. The molecule has 1 atom stereocenters. The smallest absolute Gasteiger partial charge is 0.135 e. The fourth-order valence-electron chi connectivity index (χ4n) is 2.47. The van der Waals surface area contributed by atoms with Crippen LogP contribution >= 0.6 is 0 Å². The Morgan fingerprint density at radius 2 is 1.64 bits per heavy atom. The SMILES string of the molecule is NC(CO)Cc1ccc(Oc2cccc3ccccc23)cc1. The molecule has 0 bridgehead atoms. The Bertz CT molecular complexity index is 747. The van der Waals surface area contributed by atoms with E-state index in [4.69, 9.17) is 15.6 Å². The van der Waals surface area contributed by atoms with E-state index in [-0.39, 0.29) is 12.6 Å². The third-order valence-corrected chi connectivity index (χ3v) is 3.63. The van der Waals surface area contributed by atoms with Crippen LogP contribution in [0.2, 0.25) is 0 Å². The first kappa shape index (κ1) is 14.6. The molecule has 3 nitrogen and oxygen atoms in total. The van der Waals surface area contributed by atoms with Gasteiger partial charge in [0.1, 0.15) is 11.5 Å². The van der Waals surface area contributed by atoms with Gasteiger partial charge in [-0.2, -0.15) is 0 Å². The Hall–Kier alpha value is -2.36. The second-order valence-electron chi connectivity index (χ2n) is 5.37. The van der Waals surface area contributed by atoms with E-state index >= 15 is 0 Å². The van der Waals surface area contributed by atoms with Gasteiger partial charge >= 0.3 is 0 Å². The molecule has 0 saturated heterocycles. The highest BCUT2D eigenvalue weighted by molar-refractivity contribution is 5.88. The van der Waals surface area contributed by atoms with Gasteiger partial charge in [-0.1, -0.05) is 48.5 Å². The lowest BCUT2D eigenvalue weighted by Crippen LogP contribution is -2.26. The van der Waals surface area contributed by atoms with Gasteiger partial charge in [0.25, 0.3) is 0 Å². The van der Waals surface area contributed by atoms with Crippen molar-refractivity contribution in [3.05, 3.63) is 72.3 Å². The van der Waals surface area contributed by atoms with Crippen molar-refractivity contribution >= 4 is 10.8 Å². The van der Waals surface area contributed by atoms with Gasteiger partial charge in [-0.3, -0.25) is 0 Å². The van der Waals surface area contributed by atoms with Gasteiger partial charge in [0.15, 0.2) is 0 Å². The molecule has 0 saturated carbocycles. The summed E-state index contributed by atoms with van der Waals surface area (Å²) in [6.45, 7) is -0.00570. The standard InChI is InChI=1S/C19H19NO2/c20-16(13-21)12-14-8-10-17(11-9-14)22-19-7-3-5-15-4-1-2-6-18(15)19/h1-11,16,21H,12-13,20H2. The molecular formula is C19H19NO2. The van der Waals surface area contributed by atoms with Crippen LogP contribution in [0.1, 0.15) is 5.56 Å². The number of hydrogen-bond acceptors (Lipinski definition) is 3. The quantitative estimate of drug-likeness (QED) is 0.757. The van der Waals surface area contributed by atoms with E-state index in [1.807, 2.05) is 48.5 Å². The first-order valence-electron chi connectivity index (χ1n) is 7.37. The zero-order chi connectivity index (χ0) is 15.4. The Kier molecular flexibility index (Phi) is 4.37. The van der Waals surface area contributed by atoms with E-state index in [0.717, 1.165) is 27.8 Å². The lowest BCUT2D eigenvalue weighted by molar-refractivity contribution is 0.265. The number of nitrogens with two attached hydrogens (primary N) is 1. The summed E-state index contributed by atoms with van der Waals surface area (Å²) < 4.78 is 6.00. The molecular weight excluding hydrogens is 274 g/mol. The average molecular weight is 293 g/mol.